The number of phosphoric acid groups is 1. The van der Waals surface area contributed by atoms with E-state index < -0.39 is 61.8 Å². The number of piperidine rings is 1. The number of allylic oxidation sites excluding steroid dienone is 1. The molecule has 2 saturated heterocycles. The number of aliphatic hydroxyl groups excluding tert-OH is 3. The van der Waals surface area contributed by atoms with Gasteiger partial charge in [-0.3, -0.25) is 4.79 Å². The number of fused-ring (bicyclic) bond motifs is 4. The van der Waals surface area contributed by atoms with Gasteiger partial charge in [-0.2, -0.15) is 4.57 Å². The first-order chi connectivity index (χ1) is 18.8. The zero-order valence-electron chi connectivity index (χ0n) is 20.8. The Bertz CT molecular complexity index is 1300. The normalized spacial score (nSPS) is 33.3. The third-order valence-electron chi connectivity index (χ3n) is 7.67. The lowest BCUT2D eigenvalue weighted by Gasteiger charge is -2.52. The van der Waals surface area contributed by atoms with E-state index >= 15 is 0 Å². The third kappa shape index (κ3) is 4.55. The number of carbonyl (C=O) groups is 1. The second-order valence-electron chi connectivity index (χ2n) is 9.98. The molecule has 8 atom stereocenters. The largest absolute Gasteiger partial charge is 0.646 e. The molecule has 1 amide bonds. The molecule has 2 aliphatic carbocycles. The molecule has 12 heteroatoms. The van der Waals surface area contributed by atoms with Gasteiger partial charge in [0.25, 0.3) is 0 Å². The lowest BCUT2D eigenvalue weighted by molar-refractivity contribution is -0.168. The van der Waals surface area contributed by atoms with Crippen LogP contribution in [0.5, 0.6) is 11.5 Å². The van der Waals surface area contributed by atoms with Crippen molar-refractivity contribution in [3.05, 3.63) is 84.0 Å². The molecule has 3 fully saturated rings. The Morgan fingerprint density at radius 3 is 2.10 bits per heavy atom. The van der Waals surface area contributed by atoms with Crippen molar-refractivity contribution in [2.75, 3.05) is 6.79 Å². The van der Waals surface area contributed by atoms with Crippen LogP contribution < -0.4 is 14.4 Å². The van der Waals surface area contributed by atoms with Crippen molar-refractivity contribution in [1.29, 1.82) is 0 Å². The Balaban J connectivity index is 1.40. The lowest BCUT2D eigenvalue weighted by Crippen LogP contribution is -2.69. The number of ether oxygens (including phenoxy) is 2. The number of phosphoric ester groups is 1. The van der Waals surface area contributed by atoms with Crippen molar-refractivity contribution in [2.24, 2.45) is 23.7 Å². The molecule has 39 heavy (non-hydrogen) atoms. The van der Waals surface area contributed by atoms with E-state index in [0.717, 1.165) is 0 Å². The minimum absolute atomic E-state index is 0.0861. The smallest absolute Gasteiger partial charge is 0.454 e. The first kappa shape index (κ1) is 25.8. The van der Waals surface area contributed by atoms with E-state index in [2.05, 4.69) is 5.32 Å². The summed E-state index contributed by atoms with van der Waals surface area (Å²) in [5.74, 6) is -2.66. The van der Waals surface area contributed by atoms with Crippen LogP contribution in [0.2, 0.25) is 0 Å². The third-order valence-corrected chi connectivity index (χ3v) is 8.96. The van der Waals surface area contributed by atoms with Gasteiger partial charge in [0.2, 0.25) is 18.5 Å². The minimum atomic E-state index is -4.50. The predicted molar refractivity (Wildman–Crippen MR) is 135 cm³/mol. The Morgan fingerprint density at radius 2 is 1.49 bits per heavy atom. The number of rotatable bonds is 6. The molecule has 4 unspecified atom stereocenters. The molecule has 11 nitrogen and oxygen atoms in total. The fraction of sp³-hybridized carbons (Fsp3) is 0.370. The molecule has 2 aliphatic heterocycles. The highest BCUT2D eigenvalue weighted by molar-refractivity contribution is 7.49. The second kappa shape index (κ2) is 9.91. The van der Waals surface area contributed by atoms with E-state index in [0.29, 0.717) is 0 Å². The molecule has 1 saturated carbocycles. The van der Waals surface area contributed by atoms with E-state index in [-0.39, 0.29) is 35.6 Å². The van der Waals surface area contributed by atoms with Gasteiger partial charge in [0.1, 0.15) is 29.6 Å². The van der Waals surface area contributed by atoms with Crippen molar-refractivity contribution in [3.63, 3.8) is 0 Å². The van der Waals surface area contributed by atoms with Gasteiger partial charge >= 0.3 is 7.82 Å². The van der Waals surface area contributed by atoms with Crippen LogP contribution in [-0.2, 0) is 23.4 Å². The number of para-hydroxylation sites is 2. The maximum Gasteiger partial charge on any atom is 0.646 e. The van der Waals surface area contributed by atoms with Crippen LogP contribution in [0.4, 0.5) is 0 Å². The summed E-state index contributed by atoms with van der Waals surface area (Å²) in [6.07, 6.45) is -2.36. The number of aliphatic hydroxyl groups is 3. The highest BCUT2D eigenvalue weighted by Gasteiger charge is 2.59. The molecule has 4 N–H and O–H groups in total. The first-order valence-corrected chi connectivity index (χ1v) is 14.1. The Morgan fingerprint density at radius 1 is 0.872 bits per heavy atom. The average molecular weight is 557 g/mol. The maximum absolute atomic E-state index is 14.2. The predicted octanol–water partition coefficient (Wildman–Crippen LogP) is 2.46. The number of hydrogen-bond acceptors (Lipinski definition) is 10. The topological polar surface area (TPSA) is 153 Å². The molecule has 2 aromatic rings. The summed E-state index contributed by atoms with van der Waals surface area (Å²) in [4.78, 5) is 13.5. The van der Waals surface area contributed by atoms with Crippen molar-refractivity contribution in [1.82, 2.24) is 5.32 Å². The van der Waals surface area contributed by atoms with E-state index in [9.17, 15) is 24.7 Å². The summed E-state index contributed by atoms with van der Waals surface area (Å²) in [6.45, 7) is 1.57. The summed E-state index contributed by atoms with van der Waals surface area (Å²) in [6, 6.07) is 15.8. The molecule has 0 spiro atoms. The van der Waals surface area contributed by atoms with Gasteiger partial charge in [0, 0.05) is 5.92 Å². The standard InChI is InChI=1S/C27H28NO10P/c1-14-19-17-12-18-25(35-13-34-18)26(20(17)27(32)28-21(19)23(30)24(31)22(14)29)38-39(33,36-15-8-4-2-5-9-15)37-16-10-6-3-7-11-16/h2-12,14,17,19-24,29-31H,13H2,1H3,(H,28,32)/t14?,17?,19?,20?,21-,22+,23+,24-/m1/s1. The fourth-order valence-electron chi connectivity index (χ4n) is 5.85. The van der Waals surface area contributed by atoms with Gasteiger partial charge in [-0.25, -0.2) is 0 Å². The molecular weight excluding hydrogens is 529 g/mol. The summed E-state index contributed by atoms with van der Waals surface area (Å²) < 4.78 is 43.1. The van der Waals surface area contributed by atoms with Gasteiger partial charge in [-0.05, 0) is 42.2 Å². The Kier molecular flexibility index (Phi) is 6.55. The highest BCUT2D eigenvalue weighted by Crippen LogP contribution is 2.57. The SMILES string of the molecule is CC1C2C3C=C4OCOC4=C(OP(=O)(Oc4ccccc4)Oc4ccccc4)C3C(=O)N[C@H]2[C@H](O)[C@H](O)[C@H]1O. The Labute approximate surface area is 224 Å². The summed E-state index contributed by atoms with van der Waals surface area (Å²) in [7, 11) is -4.50. The van der Waals surface area contributed by atoms with Gasteiger partial charge < -0.3 is 43.7 Å². The molecule has 206 valence electrons. The number of benzene rings is 2. The molecule has 2 aromatic carbocycles. The van der Waals surface area contributed by atoms with Crippen LogP contribution in [0.1, 0.15) is 6.92 Å². The quantitative estimate of drug-likeness (QED) is 0.390. The molecule has 0 radical (unpaired) electrons. The van der Waals surface area contributed by atoms with E-state index in [1.807, 2.05) is 0 Å². The van der Waals surface area contributed by atoms with Gasteiger partial charge in [-0.1, -0.05) is 43.3 Å². The van der Waals surface area contributed by atoms with Crippen LogP contribution in [0.25, 0.3) is 0 Å². The highest BCUT2D eigenvalue weighted by atomic mass is 31.2. The van der Waals surface area contributed by atoms with Gasteiger partial charge in [-0.15, -0.1) is 0 Å². The van der Waals surface area contributed by atoms with Crippen molar-refractivity contribution >= 4 is 13.7 Å². The molecule has 0 aromatic heterocycles. The number of hydrogen-bond donors (Lipinski definition) is 4. The monoisotopic (exact) mass is 557 g/mol. The number of nitrogens with one attached hydrogen (secondary N) is 1. The summed E-state index contributed by atoms with van der Waals surface area (Å²) in [5, 5.41) is 34.5. The maximum atomic E-state index is 14.2. The molecule has 0 bridgehead atoms. The van der Waals surface area contributed by atoms with Crippen LogP contribution in [0.15, 0.2) is 84.0 Å². The van der Waals surface area contributed by atoms with Crippen LogP contribution in [0.3, 0.4) is 0 Å². The van der Waals surface area contributed by atoms with Crippen molar-refractivity contribution < 1.29 is 47.7 Å². The molecule has 6 rings (SSSR count). The second-order valence-corrected chi connectivity index (χ2v) is 11.4. The van der Waals surface area contributed by atoms with Crippen LogP contribution in [0, 0.1) is 23.7 Å². The van der Waals surface area contributed by atoms with E-state index in [1.165, 1.54) is 0 Å². The number of carbonyl (C=O) groups excluding carboxylic acids is 1. The molecule has 4 aliphatic rings. The minimum Gasteiger partial charge on any atom is -0.454 e. The van der Waals surface area contributed by atoms with Gasteiger partial charge in [0.05, 0.1) is 12.1 Å². The molecular formula is C27H28NO10P. The van der Waals surface area contributed by atoms with E-state index in [1.54, 1.807) is 73.7 Å². The van der Waals surface area contributed by atoms with Crippen molar-refractivity contribution in [2.45, 2.75) is 31.3 Å². The summed E-state index contributed by atoms with van der Waals surface area (Å²) >= 11 is 0. The zero-order valence-corrected chi connectivity index (χ0v) is 21.7. The summed E-state index contributed by atoms with van der Waals surface area (Å²) in [5.41, 5.74) is 0. The molecule has 2 heterocycles. The van der Waals surface area contributed by atoms with E-state index in [4.69, 9.17) is 23.0 Å². The fourth-order valence-corrected chi connectivity index (χ4v) is 7.16. The average Bonchev–Trinajstić information content (AvgIpc) is 3.40. The van der Waals surface area contributed by atoms with Crippen LogP contribution >= 0.6 is 7.82 Å². The van der Waals surface area contributed by atoms with Crippen LogP contribution in [-0.4, -0.2) is 52.4 Å². The zero-order chi connectivity index (χ0) is 27.3. The first-order valence-electron chi connectivity index (χ1n) is 12.6. The van der Waals surface area contributed by atoms with Crippen molar-refractivity contribution in [3.8, 4) is 11.5 Å². The Hall–Kier alpha value is -3.50. The van der Waals surface area contributed by atoms with Gasteiger partial charge in [0.15, 0.2) is 11.5 Å². The lowest BCUT2D eigenvalue weighted by atomic mass is 9.60. The number of amides is 1.